The van der Waals surface area contributed by atoms with E-state index in [1.807, 2.05) is 18.2 Å². The van der Waals surface area contributed by atoms with Crippen molar-refractivity contribution in [3.63, 3.8) is 0 Å². The predicted octanol–water partition coefficient (Wildman–Crippen LogP) is 7.57. The molecule has 0 atom stereocenters. The molecule has 0 saturated heterocycles. The molecule has 7 aromatic carbocycles. The minimum atomic E-state index is -2.98. The maximum Gasteiger partial charge on any atom is 0.180 e. The van der Waals surface area contributed by atoms with Gasteiger partial charge in [-0.2, -0.15) is 10.5 Å². The molecule has 0 aliphatic carbocycles. The van der Waals surface area contributed by atoms with Crippen molar-refractivity contribution in [2.24, 2.45) is 0 Å². The number of hydrogen-bond acceptors (Lipinski definition) is 2. The number of para-hydroxylation sites is 2. The van der Waals surface area contributed by atoms with E-state index >= 15 is 0 Å². The molecule has 0 aliphatic heterocycles. The molecule has 0 N–H and O–H groups in total. The highest BCUT2D eigenvalue weighted by molar-refractivity contribution is 7.20. The van der Waals surface area contributed by atoms with Crippen LogP contribution < -0.4 is 20.7 Å². The van der Waals surface area contributed by atoms with Crippen LogP contribution in [0.1, 0.15) is 11.1 Å². The van der Waals surface area contributed by atoms with Crippen molar-refractivity contribution in [3.8, 4) is 29.0 Å². The van der Waals surface area contributed by atoms with Gasteiger partial charge in [-0.1, -0.05) is 152 Å². The number of rotatable bonds is 6. The molecule has 1 heterocycles. The van der Waals surface area contributed by atoms with Gasteiger partial charge in [0, 0.05) is 16.3 Å². The Morgan fingerprint density at radius 1 is 0.458 bits per heavy atom. The summed E-state index contributed by atoms with van der Waals surface area (Å²) in [6.07, 6.45) is 0. The van der Waals surface area contributed by atoms with Crippen LogP contribution in [0.15, 0.2) is 176 Å². The number of benzene rings is 7. The zero-order valence-corrected chi connectivity index (χ0v) is 27.1. The molecule has 0 saturated carbocycles. The second kappa shape index (κ2) is 12.0. The summed E-state index contributed by atoms with van der Waals surface area (Å²) in [6, 6.07) is 66.3. The van der Waals surface area contributed by atoms with Crippen LogP contribution in [0.3, 0.4) is 0 Å². The lowest BCUT2D eigenvalue weighted by atomic mass is 9.95. The van der Waals surface area contributed by atoms with Gasteiger partial charge in [-0.05, 0) is 50.6 Å². The summed E-state index contributed by atoms with van der Waals surface area (Å²) in [5.41, 5.74) is 5.57. The number of nitrogens with zero attached hydrogens (tertiary/aromatic N) is 3. The third kappa shape index (κ3) is 4.48. The molecule has 8 rings (SSSR count). The predicted molar refractivity (Wildman–Crippen MR) is 199 cm³/mol. The average molecular weight is 628 g/mol. The third-order valence-corrected chi connectivity index (χ3v) is 14.3. The minimum Gasteiger partial charge on any atom is -0.309 e. The standard InChI is InChI=1S/C44H29N3Si/c45-30-32-28-33(31-46)44(42(29-32)47-40-25-13-10-22-37(40)38-23-11-14-26-41(38)47)39-24-12-15-27-43(39)48(34-16-4-1-5-17-34,35-18-6-2-7-19-35)36-20-8-3-9-21-36/h1-29H. The Morgan fingerprint density at radius 3 is 1.42 bits per heavy atom. The summed E-state index contributed by atoms with van der Waals surface area (Å²) in [4.78, 5) is 0. The number of nitriles is 2. The smallest absolute Gasteiger partial charge is 0.180 e. The normalized spacial score (nSPS) is 11.3. The minimum absolute atomic E-state index is 0.447. The molecule has 48 heavy (non-hydrogen) atoms. The first kappa shape index (κ1) is 29.0. The zero-order valence-electron chi connectivity index (χ0n) is 26.1. The molecule has 0 fully saturated rings. The Morgan fingerprint density at radius 2 is 0.917 bits per heavy atom. The van der Waals surface area contributed by atoms with Crippen molar-refractivity contribution in [1.29, 1.82) is 10.5 Å². The van der Waals surface area contributed by atoms with E-state index < -0.39 is 8.07 Å². The largest absolute Gasteiger partial charge is 0.309 e. The maximum absolute atomic E-state index is 10.8. The van der Waals surface area contributed by atoms with Crippen LogP contribution in [0.5, 0.6) is 0 Å². The van der Waals surface area contributed by atoms with Crippen LogP contribution in [0.25, 0.3) is 38.6 Å². The molecule has 0 spiro atoms. The molecule has 0 amide bonds. The monoisotopic (exact) mass is 627 g/mol. The van der Waals surface area contributed by atoms with Crippen molar-refractivity contribution >= 4 is 50.6 Å². The van der Waals surface area contributed by atoms with E-state index in [-0.39, 0.29) is 0 Å². The summed E-state index contributed by atoms with van der Waals surface area (Å²) in [5.74, 6) is 0. The van der Waals surface area contributed by atoms with Gasteiger partial charge in [0.1, 0.15) is 0 Å². The van der Waals surface area contributed by atoms with Gasteiger partial charge in [-0.15, -0.1) is 0 Å². The summed E-state index contributed by atoms with van der Waals surface area (Å²) >= 11 is 0. The Balaban J connectivity index is 1.56. The van der Waals surface area contributed by atoms with E-state index in [0.717, 1.165) is 38.6 Å². The van der Waals surface area contributed by atoms with E-state index in [2.05, 4.69) is 168 Å². The Kier molecular flexibility index (Phi) is 7.27. The average Bonchev–Trinajstić information content (AvgIpc) is 3.50. The number of hydrogen-bond donors (Lipinski definition) is 0. The summed E-state index contributed by atoms with van der Waals surface area (Å²) < 4.78 is 2.23. The first-order valence-corrected chi connectivity index (χ1v) is 18.0. The highest BCUT2D eigenvalue weighted by Crippen LogP contribution is 2.38. The molecular formula is C44H29N3Si. The van der Waals surface area contributed by atoms with Crippen molar-refractivity contribution in [2.75, 3.05) is 0 Å². The maximum atomic E-state index is 10.8. The van der Waals surface area contributed by atoms with Gasteiger partial charge in [0.15, 0.2) is 8.07 Å². The van der Waals surface area contributed by atoms with Gasteiger partial charge >= 0.3 is 0 Å². The fourth-order valence-corrected chi connectivity index (χ4v) is 12.4. The molecule has 0 bridgehead atoms. The van der Waals surface area contributed by atoms with Crippen LogP contribution >= 0.6 is 0 Å². The first-order chi connectivity index (χ1) is 23.8. The van der Waals surface area contributed by atoms with Gasteiger partial charge in [0.2, 0.25) is 0 Å². The van der Waals surface area contributed by atoms with Crippen molar-refractivity contribution in [2.45, 2.75) is 0 Å². The van der Waals surface area contributed by atoms with E-state index in [0.29, 0.717) is 11.1 Å². The van der Waals surface area contributed by atoms with Crippen LogP contribution in [0.2, 0.25) is 0 Å². The summed E-state index contributed by atoms with van der Waals surface area (Å²) in [5, 5.41) is 28.2. The molecule has 3 nitrogen and oxygen atoms in total. The van der Waals surface area contributed by atoms with Crippen molar-refractivity contribution in [3.05, 3.63) is 187 Å². The number of aromatic nitrogens is 1. The summed E-state index contributed by atoms with van der Waals surface area (Å²) in [6.45, 7) is 0. The lowest BCUT2D eigenvalue weighted by Crippen LogP contribution is -2.75. The van der Waals surface area contributed by atoms with Crippen molar-refractivity contribution < 1.29 is 0 Å². The Hall–Kier alpha value is -6.46. The fourth-order valence-electron chi connectivity index (χ4n) is 7.48. The molecule has 4 heteroatoms. The fraction of sp³-hybridized carbons (Fsp3) is 0. The second-order valence-corrected chi connectivity index (χ2v) is 15.7. The van der Waals surface area contributed by atoms with E-state index in [4.69, 9.17) is 0 Å². The topological polar surface area (TPSA) is 52.5 Å². The van der Waals surface area contributed by atoms with E-state index in [9.17, 15) is 10.5 Å². The van der Waals surface area contributed by atoms with Crippen LogP contribution in [-0.4, -0.2) is 12.6 Å². The lowest BCUT2D eigenvalue weighted by Gasteiger charge is -2.36. The quantitative estimate of drug-likeness (QED) is 0.141. The number of fused-ring (bicyclic) bond motifs is 3. The van der Waals surface area contributed by atoms with Crippen LogP contribution in [-0.2, 0) is 0 Å². The molecular weight excluding hydrogens is 599 g/mol. The highest BCUT2D eigenvalue weighted by atomic mass is 28.3. The van der Waals surface area contributed by atoms with Gasteiger partial charge in [0.25, 0.3) is 0 Å². The molecule has 0 unspecified atom stereocenters. The Labute approximate surface area is 280 Å². The van der Waals surface area contributed by atoms with Crippen molar-refractivity contribution in [1.82, 2.24) is 4.57 Å². The molecule has 1 aromatic heterocycles. The molecule has 8 aromatic rings. The van der Waals surface area contributed by atoms with Gasteiger partial charge in [-0.3, -0.25) is 0 Å². The van der Waals surface area contributed by atoms with E-state index in [1.54, 1.807) is 6.07 Å². The molecule has 0 radical (unpaired) electrons. The SMILES string of the molecule is N#Cc1cc(C#N)c(-c2ccccc2[Si](c2ccccc2)(c2ccccc2)c2ccccc2)c(-n2c3ccccc3c3ccccc32)c1. The molecule has 0 aliphatic rings. The summed E-state index contributed by atoms with van der Waals surface area (Å²) in [7, 11) is -2.98. The molecule has 224 valence electrons. The second-order valence-electron chi connectivity index (χ2n) is 11.9. The van der Waals surface area contributed by atoms with Gasteiger partial charge < -0.3 is 4.57 Å². The van der Waals surface area contributed by atoms with Gasteiger partial charge in [0.05, 0.1) is 40.0 Å². The first-order valence-electron chi connectivity index (χ1n) is 16.0. The van der Waals surface area contributed by atoms with Gasteiger partial charge in [-0.25, -0.2) is 0 Å². The highest BCUT2D eigenvalue weighted by Gasteiger charge is 2.43. The third-order valence-electron chi connectivity index (χ3n) is 9.41. The lowest BCUT2D eigenvalue weighted by molar-refractivity contribution is 1.17. The van der Waals surface area contributed by atoms with E-state index in [1.165, 1.54) is 20.7 Å². The van der Waals surface area contributed by atoms with Crippen LogP contribution in [0.4, 0.5) is 0 Å². The Bertz CT molecular complexity index is 2370. The zero-order chi connectivity index (χ0) is 32.5. The van der Waals surface area contributed by atoms with Crippen LogP contribution in [0, 0.1) is 22.7 Å².